The van der Waals surface area contributed by atoms with Crippen LogP contribution in [0.25, 0.3) is 21.5 Å². The van der Waals surface area contributed by atoms with E-state index in [1.807, 2.05) is 84.9 Å². The van der Waals surface area contributed by atoms with Crippen LogP contribution in [-0.2, 0) is 27.6 Å². The van der Waals surface area contributed by atoms with Gasteiger partial charge < -0.3 is 20.4 Å². The van der Waals surface area contributed by atoms with Gasteiger partial charge in [-0.2, -0.15) is 0 Å². The van der Waals surface area contributed by atoms with Crippen molar-refractivity contribution in [1.29, 1.82) is 0 Å². The Labute approximate surface area is 309 Å². The number of phenols is 4. The van der Waals surface area contributed by atoms with Crippen LogP contribution in [0.1, 0.15) is 65.5 Å². The molecule has 0 heterocycles. The number of fused-ring (bicyclic) bond motifs is 2. The summed E-state index contributed by atoms with van der Waals surface area (Å²) in [6, 6.07) is 33.1. The molecule has 0 bridgehead atoms. The van der Waals surface area contributed by atoms with E-state index in [2.05, 4.69) is 62.0 Å². The Hall–Kier alpha value is -5.25. The molecule has 1 radical (unpaired) electrons. The van der Waals surface area contributed by atoms with Gasteiger partial charge >= 0.3 is 0 Å². The third kappa shape index (κ3) is 8.74. The van der Waals surface area contributed by atoms with Gasteiger partial charge in [-0.3, -0.25) is 0 Å². The molecule has 0 aliphatic heterocycles. The summed E-state index contributed by atoms with van der Waals surface area (Å²) in [7, 11) is 0. The molecular weight excluding hydrogens is 683 g/mol. The zero-order chi connectivity index (χ0) is 36.1. The van der Waals surface area contributed by atoms with Crippen molar-refractivity contribution in [2.24, 2.45) is 20.5 Å². The Morgan fingerprint density at radius 1 is 0.451 bits per heavy atom. The Morgan fingerprint density at radius 3 is 1.18 bits per heavy atom. The van der Waals surface area contributed by atoms with Crippen LogP contribution in [0.4, 0.5) is 22.7 Å². The van der Waals surface area contributed by atoms with Crippen molar-refractivity contribution < 1.29 is 37.2 Å². The van der Waals surface area contributed by atoms with Crippen LogP contribution < -0.4 is 0 Å². The summed E-state index contributed by atoms with van der Waals surface area (Å²) in [5, 5.41) is 60.9. The number of phenolic OH excluding ortho intramolecular Hbond substituents is 4. The van der Waals surface area contributed by atoms with E-state index in [1.54, 1.807) is 24.3 Å². The third-order valence-electron chi connectivity index (χ3n) is 9.57. The second-order valence-corrected chi connectivity index (χ2v) is 13.6. The van der Waals surface area contributed by atoms with Gasteiger partial charge in [0.15, 0.2) is 11.5 Å². The molecule has 6 rings (SSSR count). The molecule has 0 unspecified atom stereocenters. The van der Waals surface area contributed by atoms with Crippen LogP contribution in [0.15, 0.2) is 130 Å². The van der Waals surface area contributed by atoms with Gasteiger partial charge in [0, 0.05) is 27.6 Å². The van der Waals surface area contributed by atoms with Crippen LogP contribution in [0.2, 0.25) is 0 Å². The summed E-state index contributed by atoms with van der Waals surface area (Å²) >= 11 is 0. The quantitative estimate of drug-likeness (QED) is 0.116. The molecule has 51 heavy (non-hydrogen) atoms. The molecule has 0 aliphatic carbocycles. The van der Waals surface area contributed by atoms with Crippen molar-refractivity contribution in [3.8, 4) is 23.0 Å². The van der Waals surface area contributed by atoms with Crippen molar-refractivity contribution >= 4 is 44.3 Å². The van der Waals surface area contributed by atoms with Crippen molar-refractivity contribution in [3.05, 3.63) is 120 Å². The molecule has 0 spiro atoms. The predicted molar refractivity (Wildman–Crippen MR) is 202 cm³/mol. The maximum Gasteiger partial charge on any atom is 0.150 e. The molecule has 0 atom stereocenters. The Morgan fingerprint density at radius 2 is 0.804 bits per heavy atom. The summed E-state index contributed by atoms with van der Waals surface area (Å²) in [5.74, 6) is 0.317. The Bertz CT molecular complexity index is 2060. The minimum atomic E-state index is -0.0109. The first kappa shape index (κ1) is 38.5. The first-order valence-electron chi connectivity index (χ1n) is 16.8. The molecule has 0 saturated carbocycles. The minimum absolute atomic E-state index is 0. The van der Waals surface area contributed by atoms with Crippen LogP contribution in [0.5, 0.6) is 23.0 Å². The van der Waals surface area contributed by atoms with E-state index in [0.29, 0.717) is 22.7 Å². The van der Waals surface area contributed by atoms with E-state index >= 15 is 0 Å². The van der Waals surface area contributed by atoms with Crippen molar-refractivity contribution in [2.45, 2.75) is 65.2 Å². The van der Waals surface area contributed by atoms with Gasteiger partial charge in [0.05, 0.1) is 0 Å². The molecule has 6 aromatic carbocycles. The standard InChI is InChI=1S/2C21H22N2O2.Co/c2*1-4-21(2,3)15-10-12-19(24)18(13-15)23-22-17-11-9-14-7-5-6-8-16(14)20(17)25;/h2*5-13,24-25H,4H2,1-3H3;. The fraction of sp³-hybridized carbons (Fsp3) is 0.238. The average molecular weight is 728 g/mol. The van der Waals surface area contributed by atoms with E-state index in [9.17, 15) is 20.4 Å². The van der Waals surface area contributed by atoms with E-state index in [1.165, 1.54) is 0 Å². The monoisotopic (exact) mass is 727 g/mol. The Kier molecular flexibility index (Phi) is 12.2. The summed E-state index contributed by atoms with van der Waals surface area (Å²) in [6.45, 7) is 12.8. The molecule has 8 nitrogen and oxygen atoms in total. The molecule has 0 amide bonds. The van der Waals surface area contributed by atoms with Gasteiger partial charge in [-0.15, -0.1) is 20.5 Å². The number of nitrogens with zero attached hydrogens (tertiary/aromatic N) is 4. The fourth-order valence-corrected chi connectivity index (χ4v) is 5.32. The minimum Gasteiger partial charge on any atom is -0.506 e. The van der Waals surface area contributed by atoms with Gasteiger partial charge in [-0.05, 0) is 82.0 Å². The number of benzene rings is 6. The summed E-state index contributed by atoms with van der Waals surface area (Å²) in [6.07, 6.45) is 1.94. The van der Waals surface area contributed by atoms with Gasteiger partial charge in [-0.1, -0.05) is 114 Å². The van der Waals surface area contributed by atoms with E-state index in [4.69, 9.17) is 0 Å². The van der Waals surface area contributed by atoms with Gasteiger partial charge in [-0.25, -0.2) is 0 Å². The first-order chi connectivity index (χ1) is 23.8. The molecule has 0 fully saturated rings. The van der Waals surface area contributed by atoms with Crippen molar-refractivity contribution in [3.63, 3.8) is 0 Å². The maximum absolute atomic E-state index is 10.4. The molecule has 0 saturated heterocycles. The van der Waals surface area contributed by atoms with E-state index in [-0.39, 0.29) is 50.6 Å². The largest absolute Gasteiger partial charge is 0.506 e. The first-order valence-corrected chi connectivity index (χ1v) is 16.8. The van der Waals surface area contributed by atoms with Crippen molar-refractivity contribution in [1.82, 2.24) is 0 Å². The second-order valence-electron chi connectivity index (χ2n) is 13.6. The third-order valence-corrected chi connectivity index (χ3v) is 9.57. The van der Waals surface area contributed by atoms with E-state index in [0.717, 1.165) is 45.5 Å². The number of hydrogen-bond acceptors (Lipinski definition) is 8. The zero-order valence-electron chi connectivity index (χ0n) is 29.7. The summed E-state index contributed by atoms with van der Waals surface area (Å²) in [5.41, 5.74) is 3.69. The second kappa shape index (κ2) is 16.2. The Balaban J connectivity index is 0.000000224. The zero-order valence-corrected chi connectivity index (χ0v) is 30.8. The number of rotatable bonds is 8. The molecule has 0 aliphatic rings. The molecule has 4 N–H and O–H groups in total. The summed E-state index contributed by atoms with van der Waals surface area (Å²) < 4.78 is 0. The van der Waals surface area contributed by atoms with Crippen LogP contribution in [-0.4, -0.2) is 20.4 Å². The maximum atomic E-state index is 10.4. The van der Waals surface area contributed by atoms with Gasteiger partial charge in [0.2, 0.25) is 0 Å². The average Bonchev–Trinajstić information content (AvgIpc) is 3.12. The van der Waals surface area contributed by atoms with Gasteiger partial charge in [0.25, 0.3) is 0 Å². The van der Waals surface area contributed by atoms with Crippen molar-refractivity contribution in [2.75, 3.05) is 0 Å². The predicted octanol–water partition coefficient (Wildman–Crippen LogP) is 12.7. The van der Waals surface area contributed by atoms with Crippen LogP contribution >= 0.6 is 0 Å². The smallest absolute Gasteiger partial charge is 0.150 e. The number of azo groups is 2. The van der Waals surface area contributed by atoms with Crippen LogP contribution in [0, 0.1) is 0 Å². The topological polar surface area (TPSA) is 130 Å². The SMILES string of the molecule is CCC(C)(C)c1ccc(O)c(N=Nc2ccc3ccccc3c2O)c1.CCC(C)(C)c1ccc(O)c(N=Nc2ccc3ccccc3c2O)c1.[Co]. The molecule has 6 aromatic rings. The normalized spacial score (nSPS) is 11.9. The summed E-state index contributed by atoms with van der Waals surface area (Å²) in [4.78, 5) is 0. The van der Waals surface area contributed by atoms with E-state index < -0.39 is 0 Å². The number of aromatic hydroxyl groups is 4. The molecule has 9 heteroatoms. The van der Waals surface area contributed by atoms with Gasteiger partial charge in [0.1, 0.15) is 34.2 Å². The van der Waals surface area contributed by atoms with Crippen LogP contribution in [0.3, 0.4) is 0 Å². The molecular formula is C42H44CoN4O4. The fourth-order valence-electron chi connectivity index (χ4n) is 5.32. The molecule has 265 valence electrons. The number of hydrogen-bond donors (Lipinski definition) is 4. The molecule has 0 aromatic heterocycles.